The van der Waals surface area contributed by atoms with E-state index < -0.39 is 10.9 Å². The van der Waals surface area contributed by atoms with E-state index in [0.717, 1.165) is 24.0 Å². The van der Waals surface area contributed by atoms with Crippen LogP contribution in [-0.2, 0) is 18.0 Å². The molecular formula is C23H21N3O5. The topological polar surface area (TPSA) is 104 Å². The van der Waals surface area contributed by atoms with E-state index in [0.29, 0.717) is 18.0 Å². The van der Waals surface area contributed by atoms with Gasteiger partial charge < -0.3 is 14.8 Å². The van der Waals surface area contributed by atoms with Crippen molar-refractivity contribution in [2.24, 2.45) is 0 Å². The summed E-state index contributed by atoms with van der Waals surface area (Å²) >= 11 is 0. The number of rotatable bonds is 9. The largest absolute Gasteiger partial charge is 0.489 e. The van der Waals surface area contributed by atoms with Crippen LogP contribution in [0.5, 0.6) is 5.75 Å². The Kier molecular flexibility index (Phi) is 6.07. The fraction of sp³-hybridized carbons (Fsp3) is 0.217. The summed E-state index contributed by atoms with van der Waals surface area (Å²) in [7, 11) is 0. The third-order valence-corrected chi connectivity index (χ3v) is 4.79. The molecule has 1 N–H and O–H groups in total. The number of esters is 1. The van der Waals surface area contributed by atoms with Gasteiger partial charge in [0.05, 0.1) is 10.5 Å². The number of anilines is 1. The van der Waals surface area contributed by atoms with Gasteiger partial charge in [0.1, 0.15) is 24.7 Å². The molecule has 1 saturated carbocycles. The standard InChI is InChI=1S/C23H21N3O5/c27-23(18-5-10-21(25-19-6-7-19)22(12-18)26(28)29)31-14-16-3-8-20(9-4-16)30-15-17-2-1-11-24-13-17/h1-5,8-13,19,25H,6-7,14-15H2. The van der Waals surface area contributed by atoms with Gasteiger partial charge in [0.15, 0.2) is 0 Å². The molecule has 1 aliphatic carbocycles. The average Bonchev–Trinajstić information content (AvgIpc) is 3.61. The minimum Gasteiger partial charge on any atom is -0.489 e. The van der Waals surface area contributed by atoms with Gasteiger partial charge in [-0.25, -0.2) is 4.79 Å². The van der Waals surface area contributed by atoms with Gasteiger partial charge in [-0.2, -0.15) is 0 Å². The molecule has 0 bridgehead atoms. The van der Waals surface area contributed by atoms with Crippen molar-refractivity contribution in [3.63, 3.8) is 0 Å². The zero-order valence-electron chi connectivity index (χ0n) is 16.7. The van der Waals surface area contributed by atoms with E-state index in [1.165, 1.54) is 12.1 Å². The Labute approximate surface area is 179 Å². The molecule has 0 saturated heterocycles. The lowest BCUT2D eigenvalue weighted by Crippen LogP contribution is -2.08. The first kappa shape index (κ1) is 20.3. The molecule has 8 heteroatoms. The third-order valence-electron chi connectivity index (χ3n) is 4.79. The first-order chi connectivity index (χ1) is 15.1. The molecule has 0 unspecified atom stereocenters. The highest BCUT2D eigenvalue weighted by atomic mass is 16.6. The van der Waals surface area contributed by atoms with Gasteiger partial charge in [0, 0.05) is 30.1 Å². The number of carbonyl (C=O) groups excluding carboxylic acids is 1. The van der Waals surface area contributed by atoms with Gasteiger partial charge in [-0.3, -0.25) is 15.1 Å². The molecule has 2 aromatic carbocycles. The number of nitrogens with zero attached hydrogens (tertiary/aromatic N) is 2. The van der Waals surface area contributed by atoms with Crippen LogP contribution in [0.1, 0.15) is 34.3 Å². The maximum absolute atomic E-state index is 12.4. The lowest BCUT2D eigenvalue weighted by Gasteiger charge is -2.09. The van der Waals surface area contributed by atoms with E-state index in [9.17, 15) is 14.9 Å². The molecule has 0 aliphatic heterocycles. The van der Waals surface area contributed by atoms with Gasteiger partial charge in [0.2, 0.25) is 0 Å². The summed E-state index contributed by atoms with van der Waals surface area (Å²) < 4.78 is 11.0. The number of ether oxygens (including phenoxy) is 2. The predicted octanol–water partition coefficient (Wildman–Crippen LogP) is 4.50. The van der Waals surface area contributed by atoms with Crippen LogP contribution < -0.4 is 10.1 Å². The summed E-state index contributed by atoms with van der Waals surface area (Å²) in [5.41, 5.74) is 2.18. The quantitative estimate of drug-likeness (QED) is 0.309. The van der Waals surface area contributed by atoms with Crippen molar-refractivity contribution in [2.75, 3.05) is 5.32 Å². The van der Waals surface area contributed by atoms with Crippen molar-refractivity contribution < 1.29 is 19.2 Å². The molecule has 1 aromatic heterocycles. The zero-order chi connectivity index (χ0) is 21.6. The monoisotopic (exact) mass is 419 g/mol. The van der Waals surface area contributed by atoms with Crippen molar-refractivity contribution in [2.45, 2.75) is 32.1 Å². The number of aromatic nitrogens is 1. The average molecular weight is 419 g/mol. The smallest absolute Gasteiger partial charge is 0.338 e. The number of nitro groups is 1. The van der Waals surface area contributed by atoms with E-state index >= 15 is 0 Å². The van der Waals surface area contributed by atoms with Crippen molar-refractivity contribution in [1.29, 1.82) is 0 Å². The maximum atomic E-state index is 12.4. The minimum atomic E-state index is -0.613. The Morgan fingerprint density at radius 2 is 1.90 bits per heavy atom. The summed E-state index contributed by atoms with van der Waals surface area (Å²) in [4.78, 5) is 27.3. The van der Waals surface area contributed by atoms with Crippen LogP contribution in [-0.4, -0.2) is 21.9 Å². The van der Waals surface area contributed by atoms with Crippen LogP contribution in [0.25, 0.3) is 0 Å². The molecular weight excluding hydrogens is 398 g/mol. The number of pyridine rings is 1. The van der Waals surface area contributed by atoms with E-state index in [4.69, 9.17) is 9.47 Å². The molecule has 0 radical (unpaired) electrons. The Morgan fingerprint density at radius 3 is 2.58 bits per heavy atom. The lowest BCUT2D eigenvalue weighted by molar-refractivity contribution is -0.384. The molecule has 0 atom stereocenters. The van der Waals surface area contributed by atoms with Gasteiger partial charge in [-0.05, 0) is 48.7 Å². The second-order valence-corrected chi connectivity index (χ2v) is 7.28. The Morgan fingerprint density at radius 1 is 1.10 bits per heavy atom. The van der Waals surface area contributed by atoms with Crippen LogP contribution in [0.3, 0.4) is 0 Å². The Balaban J connectivity index is 1.32. The van der Waals surface area contributed by atoms with Crippen LogP contribution in [0, 0.1) is 10.1 Å². The molecule has 8 nitrogen and oxygen atoms in total. The summed E-state index contributed by atoms with van der Waals surface area (Å²) in [6, 6.07) is 15.6. The first-order valence-corrected chi connectivity index (χ1v) is 9.91. The Bertz CT molecular complexity index is 1070. The van der Waals surface area contributed by atoms with Gasteiger partial charge >= 0.3 is 5.97 Å². The molecule has 1 aliphatic rings. The van der Waals surface area contributed by atoms with Crippen molar-refractivity contribution >= 4 is 17.3 Å². The normalized spacial score (nSPS) is 12.8. The number of hydrogen-bond donors (Lipinski definition) is 1. The van der Waals surface area contributed by atoms with Crippen LogP contribution in [0.4, 0.5) is 11.4 Å². The summed E-state index contributed by atoms with van der Waals surface area (Å²) in [5.74, 6) is 0.0753. The fourth-order valence-corrected chi connectivity index (χ4v) is 2.94. The maximum Gasteiger partial charge on any atom is 0.338 e. The van der Waals surface area contributed by atoms with Gasteiger partial charge in [0.25, 0.3) is 5.69 Å². The molecule has 31 heavy (non-hydrogen) atoms. The molecule has 1 fully saturated rings. The van der Waals surface area contributed by atoms with E-state index in [1.54, 1.807) is 42.7 Å². The minimum absolute atomic E-state index is 0.0532. The number of benzene rings is 2. The van der Waals surface area contributed by atoms with Gasteiger partial charge in [-0.1, -0.05) is 18.2 Å². The highest BCUT2D eigenvalue weighted by molar-refractivity contribution is 5.91. The van der Waals surface area contributed by atoms with Crippen molar-refractivity contribution in [3.05, 3.63) is 93.8 Å². The van der Waals surface area contributed by atoms with Crippen molar-refractivity contribution in [3.8, 4) is 5.75 Å². The Hall–Kier alpha value is -3.94. The highest BCUT2D eigenvalue weighted by Gasteiger charge is 2.25. The fourth-order valence-electron chi connectivity index (χ4n) is 2.94. The summed E-state index contributed by atoms with van der Waals surface area (Å²) in [5, 5.41) is 14.5. The van der Waals surface area contributed by atoms with E-state index in [-0.39, 0.29) is 23.9 Å². The van der Waals surface area contributed by atoms with Gasteiger partial charge in [-0.15, -0.1) is 0 Å². The molecule has 158 valence electrons. The van der Waals surface area contributed by atoms with E-state index in [1.807, 2.05) is 12.1 Å². The number of nitro benzene ring substituents is 1. The second-order valence-electron chi connectivity index (χ2n) is 7.28. The lowest BCUT2D eigenvalue weighted by atomic mass is 10.1. The molecule has 3 aromatic rings. The zero-order valence-corrected chi connectivity index (χ0v) is 16.7. The second kappa shape index (κ2) is 9.25. The van der Waals surface area contributed by atoms with Crippen LogP contribution >= 0.6 is 0 Å². The highest BCUT2D eigenvalue weighted by Crippen LogP contribution is 2.31. The summed E-state index contributed by atoms with van der Waals surface area (Å²) in [6.07, 6.45) is 5.44. The van der Waals surface area contributed by atoms with Crippen molar-refractivity contribution in [1.82, 2.24) is 4.98 Å². The third kappa shape index (κ3) is 5.57. The van der Waals surface area contributed by atoms with E-state index in [2.05, 4.69) is 10.3 Å². The molecule has 4 rings (SSSR count). The molecule has 0 amide bonds. The predicted molar refractivity (Wildman–Crippen MR) is 114 cm³/mol. The number of hydrogen-bond acceptors (Lipinski definition) is 7. The number of nitrogens with one attached hydrogen (secondary N) is 1. The van der Waals surface area contributed by atoms with Crippen LogP contribution in [0.2, 0.25) is 0 Å². The SMILES string of the molecule is O=C(OCc1ccc(OCc2cccnc2)cc1)c1ccc(NC2CC2)c([N+](=O)[O-])c1. The molecule has 0 spiro atoms. The number of carbonyl (C=O) groups is 1. The summed E-state index contributed by atoms with van der Waals surface area (Å²) in [6.45, 7) is 0.462. The first-order valence-electron chi connectivity index (χ1n) is 9.91. The van der Waals surface area contributed by atoms with Crippen LogP contribution in [0.15, 0.2) is 67.0 Å². The molecule has 1 heterocycles.